The van der Waals surface area contributed by atoms with Crippen molar-refractivity contribution in [3.63, 3.8) is 0 Å². The first-order chi connectivity index (χ1) is 17.9. The Hall–Kier alpha value is -4.41. The largest absolute Gasteiger partial charge is 0.296 e. The Morgan fingerprint density at radius 3 is 2.35 bits per heavy atom. The van der Waals surface area contributed by atoms with Crippen LogP contribution in [0.25, 0.3) is 27.8 Å². The molecule has 37 heavy (non-hydrogen) atoms. The van der Waals surface area contributed by atoms with Crippen molar-refractivity contribution in [3.05, 3.63) is 108 Å². The van der Waals surface area contributed by atoms with Gasteiger partial charge in [0, 0.05) is 13.5 Å². The first-order valence-corrected chi connectivity index (χ1v) is 13.5. The van der Waals surface area contributed by atoms with Gasteiger partial charge < -0.3 is 0 Å². The van der Waals surface area contributed by atoms with E-state index in [2.05, 4.69) is 17.6 Å². The van der Waals surface area contributed by atoms with E-state index >= 15 is 0 Å². The standard InChI is InChI=1S/C30H26N4O2S/c1-4-30-32-27-18-17-23(33(3)37(35,36)24-12-6-5-7-13-24)19-29(27)34(30)28-16-10-15-25(21(28)2)26-14-9-8-11-22(26)20-31/h5-19H,4H2,1-3H3. The van der Waals surface area contributed by atoms with Crippen molar-refractivity contribution in [2.45, 2.75) is 25.2 Å². The molecule has 1 aromatic heterocycles. The molecule has 0 spiro atoms. The lowest BCUT2D eigenvalue weighted by molar-refractivity contribution is 0.594. The number of nitrogens with zero attached hydrogens (tertiary/aromatic N) is 4. The van der Waals surface area contributed by atoms with Crippen molar-refractivity contribution in [3.8, 4) is 22.9 Å². The van der Waals surface area contributed by atoms with Crippen LogP contribution in [0.5, 0.6) is 0 Å². The maximum absolute atomic E-state index is 13.3. The van der Waals surface area contributed by atoms with E-state index in [0.29, 0.717) is 17.7 Å². The molecule has 4 aromatic carbocycles. The van der Waals surface area contributed by atoms with E-state index in [1.807, 2.05) is 61.5 Å². The number of sulfonamides is 1. The van der Waals surface area contributed by atoms with Gasteiger partial charge in [0.25, 0.3) is 10.0 Å². The quantitative estimate of drug-likeness (QED) is 0.272. The summed E-state index contributed by atoms with van der Waals surface area (Å²) in [4.78, 5) is 5.08. The summed E-state index contributed by atoms with van der Waals surface area (Å²) in [5.41, 5.74) is 6.56. The summed E-state index contributed by atoms with van der Waals surface area (Å²) in [7, 11) is -2.16. The number of hydrogen-bond acceptors (Lipinski definition) is 4. The van der Waals surface area contributed by atoms with Crippen LogP contribution >= 0.6 is 0 Å². The highest BCUT2D eigenvalue weighted by molar-refractivity contribution is 7.92. The zero-order chi connectivity index (χ0) is 26.2. The van der Waals surface area contributed by atoms with Gasteiger partial charge in [0.1, 0.15) is 5.82 Å². The molecule has 7 heteroatoms. The third kappa shape index (κ3) is 4.15. The third-order valence-corrected chi connectivity index (χ3v) is 8.47. The molecule has 1 heterocycles. The predicted molar refractivity (Wildman–Crippen MR) is 147 cm³/mol. The molecule has 0 aliphatic rings. The number of imidazole rings is 1. The van der Waals surface area contributed by atoms with Crippen molar-refractivity contribution in [1.82, 2.24) is 9.55 Å². The molecule has 0 saturated carbocycles. The Balaban J connectivity index is 1.69. The van der Waals surface area contributed by atoms with Gasteiger partial charge in [-0.15, -0.1) is 0 Å². The van der Waals surface area contributed by atoms with E-state index in [-0.39, 0.29) is 4.90 Å². The van der Waals surface area contributed by atoms with Crippen LogP contribution in [-0.2, 0) is 16.4 Å². The van der Waals surface area contributed by atoms with Gasteiger partial charge in [-0.2, -0.15) is 5.26 Å². The molecule has 0 N–H and O–H groups in total. The number of anilines is 1. The summed E-state index contributed by atoms with van der Waals surface area (Å²) >= 11 is 0. The second-order valence-electron chi connectivity index (χ2n) is 8.78. The van der Waals surface area contributed by atoms with E-state index < -0.39 is 10.0 Å². The van der Waals surface area contributed by atoms with Crippen molar-refractivity contribution >= 4 is 26.7 Å². The molecule has 0 atom stereocenters. The van der Waals surface area contributed by atoms with E-state index in [0.717, 1.165) is 39.2 Å². The molecular weight excluding hydrogens is 480 g/mol. The second kappa shape index (κ2) is 9.57. The van der Waals surface area contributed by atoms with E-state index in [1.54, 1.807) is 43.4 Å². The number of fused-ring (bicyclic) bond motifs is 1. The minimum Gasteiger partial charge on any atom is -0.296 e. The second-order valence-corrected chi connectivity index (χ2v) is 10.8. The van der Waals surface area contributed by atoms with E-state index in [4.69, 9.17) is 4.98 Å². The first kappa shape index (κ1) is 24.3. The monoisotopic (exact) mass is 506 g/mol. The Morgan fingerprint density at radius 1 is 0.919 bits per heavy atom. The molecule has 0 bridgehead atoms. The summed E-state index contributed by atoms with van der Waals surface area (Å²) < 4.78 is 30.0. The predicted octanol–water partition coefficient (Wildman–Crippen LogP) is 6.26. The van der Waals surface area contributed by atoms with Crippen LogP contribution in [-0.4, -0.2) is 25.0 Å². The summed E-state index contributed by atoms with van der Waals surface area (Å²) in [6, 6.07) is 29.8. The van der Waals surface area contributed by atoms with Crippen LogP contribution in [0.2, 0.25) is 0 Å². The molecule has 0 unspecified atom stereocenters. The zero-order valence-corrected chi connectivity index (χ0v) is 21.7. The molecule has 184 valence electrons. The minimum atomic E-state index is -3.72. The molecule has 5 rings (SSSR count). The lowest BCUT2D eigenvalue weighted by Gasteiger charge is -2.20. The van der Waals surface area contributed by atoms with Gasteiger partial charge in [-0.25, -0.2) is 13.4 Å². The Morgan fingerprint density at radius 2 is 1.62 bits per heavy atom. The molecule has 6 nitrogen and oxygen atoms in total. The third-order valence-electron chi connectivity index (χ3n) is 6.67. The number of aromatic nitrogens is 2. The summed E-state index contributed by atoms with van der Waals surface area (Å²) in [6.45, 7) is 4.09. The van der Waals surface area contributed by atoms with Gasteiger partial charge in [0.15, 0.2) is 0 Å². The highest BCUT2D eigenvalue weighted by Gasteiger charge is 2.23. The fourth-order valence-electron chi connectivity index (χ4n) is 4.68. The smallest absolute Gasteiger partial charge is 0.264 e. The Labute approximate surface area is 217 Å². The molecule has 5 aromatic rings. The molecule has 0 amide bonds. The maximum Gasteiger partial charge on any atom is 0.264 e. The van der Waals surface area contributed by atoms with Gasteiger partial charge >= 0.3 is 0 Å². The number of benzene rings is 4. The van der Waals surface area contributed by atoms with E-state index in [9.17, 15) is 13.7 Å². The van der Waals surface area contributed by atoms with Crippen molar-refractivity contribution in [1.29, 1.82) is 5.26 Å². The van der Waals surface area contributed by atoms with Crippen LogP contribution in [0.3, 0.4) is 0 Å². The number of hydrogen-bond donors (Lipinski definition) is 0. The normalized spacial score (nSPS) is 11.4. The summed E-state index contributed by atoms with van der Waals surface area (Å²) in [5.74, 6) is 0.870. The number of nitriles is 1. The summed E-state index contributed by atoms with van der Waals surface area (Å²) in [5, 5.41) is 9.66. The van der Waals surface area contributed by atoms with Crippen LogP contribution in [0.15, 0.2) is 95.9 Å². The first-order valence-electron chi connectivity index (χ1n) is 12.0. The highest BCUT2D eigenvalue weighted by Crippen LogP contribution is 2.34. The molecule has 0 aliphatic heterocycles. The van der Waals surface area contributed by atoms with Gasteiger partial charge in [0.2, 0.25) is 0 Å². The Kier molecular flexibility index (Phi) is 6.28. The van der Waals surface area contributed by atoms with Crippen molar-refractivity contribution < 1.29 is 8.42 Å². The fourth-order valence-corrected chi connectivity index (χ4v) is 5.89. The SMILES string of the molecule is CCc1nc2ccc(N(C)S(=O)(=O)c3ccccc3)cc2n1-c1cccc(-c2ccccc2C#N)c1C. The fraction of sp³-hybridized carbons (Fsp3) is 0.133. The van der Waals surface area contributed by atoms with Crippen LogP contribution in [0, 0.1) is 18.3 Å². The van der Waals surface area contributed by atoms with Crippen LogP contribution in [0.1, 0.15) is 23.9 Å². The van der Waals surface area contributed by atoms with Crippen molar-refractivity contribution in [2.75, 3.05) is 11.4 Å². The molecule has 0 radical (unpaired) electrons. The molecular formula is C30H26N4O2S. The number of aryl methyl sites for hydroxylation is 1. The highest BCUT2D eigenvalue weighted by atomic mass is 32.2. The molecule has 0 aliphatic carbocycles. The van der Waals surface area contributed by atoms with Crippen molar-refractivity contribution in [2.24, 2.45) is 0 Å². The lowest BCUT2D eigenvalue weighted by atomic mass is 9.95. The van der Waals surface area contributed by atoms with E-state index in [1.165, 1.54) is 4.31 Å². The Bertz CT molecular complexity index is 1770. The maximum atomic E-state index is 13.3. The van der Waals surface area contributed by atoms with Gasteiger partial charge in [-0.1, -0.05) is 55.5 Å². The average molecular weight is 507 g/mol. The molecule has 0 fully saturated rings. The lowest BCUT2D eigenvalue weighted by Crippen LogP contribution is -2.26. The average Bonchev–Trinajstić information content (AvgIpc) is 3.31. The van der Waals surface area contributed by atoms with Gasteiger partial charge in [-0.05, 0) is 66.1 Å². The topological polar surface area (TPSA) is 79.0 Å². The van der Waals surface area contributed by atoms with Gasteiger partial charge in [0.05, 0.1) is 38.9 Å². The zero-order valence-electron chi connectivity index (χ0n) is 20.9. The number of rotatable bonds is 6. The minimum absolute atomic E-state index is 0.236. The van der Waals surface area contributed by atoms with Crippen LogP contribution < -0.4 is 4.31 Å². The van der Waals surface area contributed by atoms with Gasteiger partial charge in [-0.3, -0.25) is 8.87 Å². The van der Waals surface area contributed by atoms with Crippen LogP contribution in [0.4, 0.5) is 5.69 Å². The summed E-state index contributed by atoms with van der Waals surface area (Å²) in [6.07, 6.45) is 0.695. The molecule has 0 saturated heterocycles.